The molecule has 1 aliphatic heterocycles. The van der Waals surface area contributed by atoms with Gasteiger partial charge in [-0.15, -0.1) is 0 Å². The zero-order valence-corrected chi connectivity index (χ0v) is 14.3. The van der Waals surface area contributed by atoms with Crippen molar-refractivity contribution in [3.05, 3.63) is 54.6 Å². The summed E-state index contributed by atoms with van der Waals surface area (Å²) in [5, 5.41) is 13.6. The molecule has 0 aromatic heterocycles. The minimum atomic E-state index is -3.77. The number of rotatable bonds is 4. The number of hydrogen-bond donors (Lipinski definition) is 1. The molecule has 2 aromatic carbocycles. The van der Waals surface area contributed by atoms with Gasteiger partial charge in [-0.1, -0.05) is 42.5 Å². The second-order valence-corrected chi connectivity index (χ2v) is 7.67. The van der Waals surface area contributed by atoms with Crippen LogP contribution in [0.2, 0.25) is 0 Å². The van der Waals surface area contributed by atoms with Gasteiger partial charge in [-0.2, -0.15) is 17.9 Å². The molecule has 126 valence electrons. The molecule has 0 amide bonds. The molecule has 0 aliphatic carbocycles. The van der Waals surface area contributed by atoms with Gasteiger partial charge in [-0.3, -0.25) is 0 Å². The fourth-order valence-electron chi connectivity index (χ4n) is 2.75. The largest absolute Gasteiger partial charge is 0.394 e. The van der Waals surface area contributed by atoms with Crippen molar-refractivity contribution in [1.82, 2.24) is 4.41 Å². The molecule has 0 bridgehead atoms. The first-order valence-electron chi connectivity index (χ1n) is 7.87. The number of aliphatic hydroxyl groups excluding tert-OH is 1. The Kier molecular flexibility index (Phi) is 4.69. The van der Waals surface area contributed by atoms with Crippen LogP contribution in [0.15, 0.2) is 64.6 Å². The van der Waals surface area contributed by atoms with Crippen LogP contribution < -0.4 is 0 Å². The van der Waals surface area contributed by atoms with E-state index in [0.29, 0.717) is 12.8 Å². The van der Waals surface area contributed by atoms with Gasteiger partial charge in [-0.05, 0) is 43.0 Å². The first-order chi connectivity index (χ1) is 11.5. The second kappa shape index (κ2) is 6.75. The molecule has 1 atom stereocenters. The SMILES string of the molecule is CC1=NN(S(=O)(=O)c2ccc(-c3ccccc3)cc2)C(CO)CC1. The highest BCUT2D eigenvalue weighted by Gasteiger charge is 2.32. The van der Waals surface area contributed by atoms with Gasteiger partial charge in [0.15, 0.2) is 0 Å². The highest BCUT2D eigenvalue weighted by molar-refractivity contribution is 7.89. The molecule has 0 radical (unpaired) electrons. The van der Waals surface area contributed by atoms with Gasteiger partial charge in [0, 0.05) is 5.71 Å². The summed E-state index contributed by atoms with van der Waals surface area (Å²) >= 11 is 0. The van der Waals surface area contributed by atoms with Crippen LogP contribution in [0.4, 0.5) is 0 Å². The molecule has 24 heavy (non-hydrogen) atoms. The Bertz CT molecular complexity index is 830. The fraction of sp³-hybridized carbons (Fsp3) is 0.278. The predicted molar refractivity (Wildman–Crippen MR) is 94.1 cm³/mol. The van der Waals surface area contributed by atoms with Crippen LogP contribution in [-0.4, -0.2) is 36.3 Å². The van der Waals surface area contributed by atoms with Crippen LogP contribution in [0.1, 0.15) is 19.8 Å². The van der Waals surface area contributed by atoms with Crippen molar-refractivity contribution in [1.29, 1.82) is 0 Å². The Morgan fingerprint density at radius 2 is 1.71 bits per heavy atom. The van der Waals surface area contributed by atoms with Crippen molar-refractivity contribution >= 4 is 15.7 Å². The van der Waals surface area contributed by atoms with Crippen LogP contribution in [0.3, 0.4) is 0 Å². The molecule has 2 aromatic rings. The first kappa shape index (κ1) is 16.7. The van der Waals surface area contributed by atoms with Crippen molar-refractivity contribution in [2.75, 3.05) is 6.61 Å². The highest BCUT2D eigenvalue weighted by atomic mass is 32.2. The summed E-state index contributed by atoms with van der Waals surface area (Å²) in [6, 6.07) is 16.0. The van der Waals surface area contributed by atoms with Crippen LogP contribution in [0.25, 0.3) is 11.1 Å². The van der Waals surface area contributed by atoms with Crippen LogP contribution in [0.5, 0.6) is 0 Å². The maximum Gasteiger partial charge on any atom is 0.279 e. The van der Waals surface area contributed by atoms with Gasteiger partial charge < -0.3 is 5.11 Å². The van der Waals surface area contributed by atoms with Crippen molar-refractivity contribution in [3.8, 4) is 11.1 Å². The van der Waals surface area contributed by atoms with Crippen molar-refractivity contribution in [3.63, 3.8) is 0 Å². The standard InChI is InChI=1S/C18H20N2O3S/c1-14-7-10-17(13-21)20(19-14)24(22,23)18-11-8-16(9-12-18)15-5-3-2-4-6-15/h2-6,8-9,11-12,17,21H,7,10,13H2,1H3. The number of benzene rings is 2. The van der Waals surface area contributed by atoms with Crippen molar-refractivity contribution in [2.24, 2.45) is 5.10 Å². The van der Waals surface area contributed by atoms with E-state index in [9.17, 15) is 13.5 Å². The van der Waals surface area contributed by atoms with Gasteiger partial charge in [0.25, 0.3) is 10.0 Å². The number of nitrogens with zero attached hydrogens (tertiary/aromatic N) is 2. The Morgan fingerprint density at radius 3 is 2.33 bits per heavy atom. The van der Waals surface area contributed by atoms with Crippen molar-refractivity contribution in [2.45, 2.75) is 30.7 Å². The number of hydrazone groups is 1. The molecule has 0 spiro atoms. The lowest BCUT2D eigenvalue weighted by Gasteiger charge is -2.31. The molecule has 1 N–H and O–H groups in total. The minimum Gasteiger partial charge on any atom is -0.394 e. The summed E-state index contributed by atoms with van der Waals surface area (Å²) in [7, 11) is -3.77. The molecular weight excluding hydrogens is 324 g/mol. The molecule has 5 nitrogen and oxygen atoms in total. The molecule has 1 heterocycles. The van der Waals surface area contributed by atoms with Gasteiger partial charge >= 0.3 is 0 Å². The Hall–Kier alpha value is -2.18. The van der Waals surface area contributed by atoms with E-state index < -0.39 is 16.1 Å². The summed E-state index contributed by atoms with van der Waals surface area (Å²) in [6.45, 7) is 1.56. The third kappa shape index (κ3) is 3.20. The van der Waals surface area contributed by atoms with Crippen LogP contribution >= 0.6 is 0 Å². The van der Waals surface area contributed by atoms with E-state index in [-0.39, 0.29) is 11.5 Å². The lowest BCUT2D eigenvalue weighted by Crippen LogP contribution is -2.42. The third-order valence-corrected chi connectivity index (χ3v) is 5.88. The topological polar surface area (TPSA) is 70.0 Å². The molecular formula is C18H20N2O3S. The number of hydrogen-bond acceptors (Lipinski definition) is 4. The van der Waals surface area contributed by atoms with Crippen LogP contribution in [0, 0.1) is 0 Å². The molecule has 0 fully saturated rings. The smallest absolute Gasteiger partial charge is 0.279 e. The maximum atomic E-state index is 12.9. The lowest BCUT2D eigenvalue weighted by atomic mass is 10.1. The average Bonchev–Trinajstić information content (AvgIpc) is 2.62. The quantitative estimate of drug-likeness (QED) is 0.927. The van der Waals surface area contributed by atoms with E-state index in [1.165, 1.54) is 0 Å². The van der Waals surface area contributed by atoms with E-state index in [1.807, 2.05) is 30.3 Å². The average molecular weight is 344 g/mol. The van der Waals surface area contributed by atoms with E-state index in [2.05, 4.69) is 5.10 Å². The molecule has 1 aliphatic rings. The summed E-state index contributed by atoms with van der Waals surface area (Å²) in [4.78, 5) is 0.180. The van der Waals surface area contributed by atoms with Gasteiger partial charge in [0.2, 0.25) is 0 Å². The lowest BCUT2D eigenvalue weighted by molar-refractivity contribution is 0.177. The first-order valence-corrected chi connectivity index (χ1v) is 9.31. The zero-order valence-electron chi connectivity index (χ0n) is 13.5. The Morgan fingerprint density at radius 1 is 1.08 bits per heavy atom. The fourth-order valence-corrected chi connectivity index (χ4v) is 4.26. The van der Waals surface area contributed by atoms with Crippen molar-refractivity contribution < 1.29 is 13.5 Å². The molecule has 0 saturated carbocycles. The van der Waals surface area contributed by atoms with Gasteiger partial charge in [-0.25, -0.2) is 0 Å². The summed E-state index contributed by atoms with van der Waals surface area (Å²) < 4.78 is 26.8. The molecule has 1 unspecified atom stereocenters. The monoisotopic (exact) mass is 344 g/mol. The Balaban J connectivity index is 1.94. The zero-order chi connectivity index (χ0) is 17.2. The van der Waals surface area contributed by atoms with Gasteiger partial charge in [0.05, 0.1) is 17.5 Å². The summed E-state index contributed by atoms with van der Waals surface area (Å²) in [5.74, 6) is 0. The van der Waals surface area contributed by atoms with Gasteiger partial charge in [0.1, 0.15) is 0 Å². The minimum absolute atomic E-state index is 0.180. The van der Waals surface area contributed by atoms with E-state index in [1.54, 1.807) is 31.2 Å². The van der Waals surface area contributed by atoms with E-state index >= 15 is 0 Å². The second-order valence-electron chi connectivity index (χ2n) is 5.88. The highest BCUT2D eigenvalue weighted by Crippen LogP contribution is 2.27. The molecule has 6 heteroatoms. The molecule has 0 saturated heterocycles. The normalized spacial score (nSPS) is 18.3. The Labute approximate surface area is 142 Å². The molecule has 3 rings (SSSR count). The number of aliphatic hydroxyl groups is 1. The van der Waals surface area contributed by atoms with Crippen LogP contribution in [-0.2, 0) is 10.0 Å². The van der Waals surface area contributed by atoms with E-state index in [4.69, 9.17) is 0 Å². The number of sulfonamides is 1. The predicted octanol–water partition coefficient (Wildman–Crippen LogP) is 2.87. The summed E-state index contributed by atoms with van der Waals surface area (Å²) in [6.07, 6.45) is 1.28. The maximum absolute atomic E-state index is 12.9. The third-order valence-electron chi connectivity index (χ3n) is 4.14. The van der Waals surface area contributed by atoms with E-state index in [0.717, 1.165) is 21.3 Å². The summed E-state index contributed by atoms with van der Waals surface area (Å²) in [5.41, 5.74) is 2.73.